The van der Waals surface area contributed by atoms with Crippen molar-refractivity contribution in [1.82, 2.24) is 0 Å². The summed E-state index contributed by atoms with van der Waals surface area (Å²) in [6, 6.07) is 24.3. The van der Waals surface area contributed by atoms with E-state index in [-0.39, 0.29) is 21.7 Å². The highest BCUT2D eigenvalue weighted by molar-refractivity contribution is 5.80. The molecule has 3 aromatic rings. The molecule has 0 aromatic heterocycles. The van der Waals surface area contributed by atoms with Crippen molar-refractivity contribution >= 4 is 0 Å². The Hall–Kier alpha value is -2.34. The van der Waals surface area contributed by atoms with Crippen molar-refractivity contribution in [3.8, 4) is 22.3 Å². The summed E-state index contributed by atoms with van der Waals surface area (Å²) in [5, 5.41) is 0. The second-order valence-electron chi connectivity index (χ2n) is 13.9. The van der Waals surface area contributed by atoms with Gasteiger partial charge >= 0.3 is 0 Å². The summed E-state index contributed by atoms with van der Waals surface area (Å²) < 4.78 is 0. The third kappa shape index (κ3) is 5.32. The number of rotatable bonds is 2. The molecule has 0 bridgehead atoms. The Morgan fingerprint density at radius 2 is 0.618 bits per heavy atom. The van der Waals surface area contributed by atoms with Crippen LogP contribution in [0.2, 0.25) is 0 Å². The average Bonchev–Trinajstić information content (AvgIpc) is 2.70. The monoisotopic (exact) mass is 453 g/mol. The van der Waals surface area contributed by atoms with Crippen LogP contribution in [0.1, 0.15) is 105 Å². The SMILES string of the molecule is CC(C)(C)c1cccc(C(C)(C)C)c1-c1[c]c(-c2c(C(C)(C)C)cccc2C(C)(C)C)ccc1. The maximum Gasteiger partial charge on any atom is -0.00139 e. The lowest BCUT2D eigenvalue weighted by Gasteiger charge is -2.31. The van der Waals surface area contributed by atoms with Gasteiger partial charge in [0.2, 0.25) is 0 Å². The van der Waals surface area contributed by atoms with Gasteiger partial charge in [0.1, 0.15) is 0 Å². The minimum atomic E-state index is 0.0420. The van der Waals surface area contributed by atoms with Crippen molar-refractivity contribution in [3.05, 3.63) is 82.9 Å². The van der Waals surface area contributed by atoms with Crippen LogP contribution in [0.4, 0.5) is 0 Å². The van der Waals surface area contributed by atoms with Crippen molar-refractivity contribution in [2.45, 2.75) is 105 Å². The van der Waals surface area contributed by atoms with E-state index in [2.05, 4.69) is 144 Å². The van der Waals surface area contributed by atoms with Gasteiger partial charge in [-0.3, -0.25) is 0 Å². The summed E-state index contributed by atoms with van der Waals surface area (Å²) in [4.78, 5) is 0. The molecule has 0 unspecified atom stereocenters. The molecule has 0 aliphatic heterocycles. The summed E-state index contributed by atoms with van der Waals surface area (Å²) in [7, 11) is 0. The normalized spacial score (nSPS) is 13.3. The standard InChI is InChI=1S/C34H45/c1-31(2,3)25-18-14-19-26(32(4,5)6)29(25)23-16-13-17-24(22-23)30-27(33(7,8)9)20-15-21-28(30)34(10,11)12/h13-21H,1-12H3. The van der Waals surface area contributed by atoms with Gasteiger partial charge in [0.25, 0.3) is 0 Å². The Balaban J connectivity index is 2.40. The van der Waals surface area contributed by atoms with Crippen molar-refractivity contribution in [2.75, 3.05) is 0 Å². The quantitative estimate of drug-likeness (QED) is 0.362. The van der Waals surface area contributed by atoms with Gasteiger partial charge in [-0.2, -0.15) is 0 Å². The summed E-state index contributed by atoms with van der Waals surface area (Å²) in [5.74, 6) is 0. The molecule has 0 fully saturated rings. The molecule has 0 spiro atoms. The minimum Gasteiger partial charge on any atom is -0.0616 e. The fraction of sp³-hybridized carbons (Fsp3) is 0.471. The van der Waals surface area contributed by atoms with Crippen LogP contribution in [-0.4, -0.2) is 0 Å². The predicted octanol–water partition coefficient (Wildman–Crippen LogP) is 10.0. The third-order valence-corrected chi connectivity index (χ3v) is 6.69. The van der Waals surface area contributed by atoms with Gasteiger partial charge in [0.05, 0.1) is 0 Å². The zero-order valence-electron chi connectivity index (χ0n) is 23.7. The molecule has 181 valence electrons. The van der Waals surface area contributed by atoms with Gasteiger partial charge < -0.3 is 0 Å². The maximum atomic E-state index is 3.93. The van der Waals surface area contributed by atoms with Gasteiger partial charge in [0.15, 0.2) is 0 Å². The molecule has 0 aliphatic rings. The van der Waals surface area contributed by atoms with E-state index in [1.54, 1.807) is 0 Å². The smallest absolute Gasteiger partial charge is 0.00139 e. The molecule has 0 amide bonds. The first-order chi connectivity index (χ1) is 15.4. The van der Waals surface area contributed by atoms with Gasteiger partial charge in [-0.15, -0.1) is 0 Å². The largest absolute Gasteiger partial charge is 0.0616 e. The van der Waals surface area contributed by atoms with Crippen LogP contribution in [0.15, 0.2) is 54.6 Å². The van der Waals surface area contributed by atoms with E-state index in [1.165, 1.54) is 44.5 Å². The first-order valence-corrected chi connectivity index (χ1v) is 12.7. The molecule has 0 aliphatic carbocycles. The summed E-state index contributed by atoms with van der Waals surface area (Å²) >= 11 is 0. The van der Waals surface area contributed by atoms with Crippen LogP contribution in [0.5, 0.6) is 0 Å². The lowest BCUT2D eigenvalue weighted by atomic mass is 9.72. The van der Waals surface area contributed by atoms with Crippen LogP contribution in [-0.2, 0) is 21.7 Å². The lowest BCUT2D eigenvalue weighted by Crippen LogP contribution is -2.19. The second kappa shape index (κ2) is 8.71. The number of benzene rings is 3. The molecule has 0 atom stereocenters. The van der Waals surface area contributed by atoms with E-state index in [0.29, 0.717) is 0 Å². The van der Waals surface area contributed by atoms with Gasteiger partial charge in [-0.1, -0.05) is 138 Å². The van der Waals surface area contributed by atoms with E-state index in [0.717, 1.165) is 0 Å². The van der Waals surface area contributed by atoms with E-state index in [4.69, 9.17) is 0 Å². The Bertz CT molecular complexity index is 1010. The molecule has 3 aromatic carbocycles. The first-order valence-electron chi connectivity index (χ1n) is 12.7. The number of hydrogen-bond donors (Lipinski definition) is 0. The summed E-state index contributed by atoms with van der Waals surface area (Å²) in [6.07, 6.45) is 0. The van der Waals surface area contributed by atoms with E-state index >= 15 is 0 Å². The fourth-order valence-corrected chi connectivity index (χ4v) is 4.95. The van der Waals surface area contributed by atoms with Gasteiger partial charge in [-0.25, -0.2) is 0 Å². The highest BCUT2D eigenvalue weighted by Gasteiger charge is 2.29. The molecule has 3 rings (SSSR count). The first kappa shape index (κ1) is 26.3. The highest BCUT2D eigenvalue weighted by Crippen LogP contribution is 2.44. The number of hydrogen-bond acceptors (Lipinski definition) is 0. The van der Waals surface area contributed by atoms with Crippen LogP contribution in [0, 0.1) is 6.07 Å². The second-order valence-corrected chi connectivity index (χ2v) is 13.9. The van der Waals surface area contributed by atoms with Crippen LogP contribution in [0.25, 0.3) is 22.3 Å². The fourth-order valence-electron chi connectivity index (χ4n) is 4.95. The Morgan fingerprint density at radius 3 is 0.853 bits per heavy atom. The van der Waals surface area contributed by atoms with Crippen LogP contribution < -0.4 is 0 Å². The molecule has 0 heterocycles. The molecular formula is C34H45. The van der Waals surface area contributed by atoms with E-state index < -0.39 is 0 Å². The Labute approximate surface area is 209 Å². The predicted molar refractivity (Wildman–Crippen MR) is 151 cm³/mol. The molecule has 34 heavy (non-hydrogen) atoms. The van der Waals surface area contributed by atoms with Gasteiger partial charge in [0, 0.05) is 0 Å². The lowest BCUT2D eigenvalue weighted by molar-refractivity contribution is 0.572. The van der Waals surface area contributed by atoms with Crippen molar-refractivity contribution < 1.29 is 0 Å². The van der Waals surface area contributed by atoms with E-state index in [9.17, 15) is 0 Å². The van der Waals surface area contributed by atoms with E-state index in [1.807, 2.05) is 0 Å². The Morgan fingerprint density at radius 1 is 0.382 bits per heavy atom. The molecule has 0 nitrogen and oxygen atoms in total. The molecule has 1 radical (unpaired) electrons. The third-order valence-electron chi connectivity index (χ3n) is 6.69. The highest BCUT2D eigenvalue weighted by atomic mass is 14.3. The van der Waals surface area contributed by atoms with Crippen LogP contribution >= 0.6 is 0 Å². The average molecular weight is 454 g/mol. The summed E-state index contributed by atoms with van der Waals surface area (Å²) in [6.45, 7) is 27.8. The molecule has 0 N–H and O–H groups in total. The maximum absolute atomic E-state index is 3.93. The van der Waals surface area contributed by atoms with Crippen LogP contribution in [0.3, 0.4) is 0 Å². The topological polar surface area (TPSA) is 0 Å². The molecular weight excluding hydrogens is 408 g/mol. The zero-order valence-corrected chi connectivity index (χ0v) is 23.7. The Kier molecular flexibility index (Phi) is 6.73. The molecule has 0 heteroatoms. The summed E-state index contributed by atoms with van der Waals surface area (Å²) in [5.41, 5.74) is 10.8. The van der Waals surface area contributed by atoms with Crippen molar-refractivity contribution in [1.29, 1.82) is 0 Å². The van der Waals surface area contributed by atoms with Gasteiger partial charge in [-0.05, 0) is 72.2 Å². The minimum absolute atomic E-state index is 0.0420. The van der Waals surface area contributed by atoms with Crippen molar-refractivity contribution in [3.63, 3.8) is 0 Å². The van der Waals surface area contributed by atoms with Crippen molar-refractivity contribution in [2.24, 2.45) is 0 Å². The zero-order chi connectivity index (χ0) is 25.7. The molecule has 0 saturated heterocycles. The molecule has 0 saturated carbocycles.